The fraction of sp³-hybridized carbons (Fsp3) is 0.231. The molecule has 0 bridgehead atoms. The van der Waals surface area contributed by atoms with Crippen molar-refractivity contribution >= 4 is 23.2 Å². The van der Waals surface area contributed by atoms with Crippen LogP contribution in [0.3, 0.4) is 0 Å². The van der Waals surface area contributed by atoms with Gasteiger partial charge >= 0.3 is 6.61 Å². The first-order valence-corrected chi connectivity index (χ1v) is 6.46. The highest BCUT2D eigenvalue weighted by Crippen LogP contribution is 2.31. The number of methoxy groups -OCH3 is 1. The van der Waals surface area contributed by atoms with Gasteiger partial charge in [0.1, 0.15) is 6.54 Å². The molecule has 9 heteroatoms. The molecule has 0 radical (unpaired) electrons. The summed E-state index contributed by atoms with van der Waals surface area (Å²) in [5, 5.41) is 6.88. The largest absolute Gasteiger partial charge is 0.493 e. The van der Waals surface area contributed by atoms with E-state index >= 15 is 0 Å². The van der Waals surface area contributed by atoms with Crippen LogP contribution in [0.4, 0.5) is 14.5 Å². The van der Waals surface area contributed by atoms with Gasteiger partial charge in [0.05, 0.1) is 18.3 Å². The molecule has 0 aliphatic rings. The highest BCUT2D eigenvalue weighted by Gasteiger charge is 2.12. The van der Waals surface area contributed by atoms with Crippen molar-refractivity contribution in [2.24, 2.45) is 0 Å². The fourth-order valence-electron chi connectivity index (χ4n) is 1.71. The molecule has 0 spiro atoms. The molecule has 0 saturated carbocycles. The standard InChI is InChI=1S/C13H12ClF2N3O3/c1-21-11-4-9(2-3-10(11)22-13(15)16)18-12(20)7-19-6-8(14)5-17-19/h2-6,13H,7H2,1H3,(H,18,20). The van der Waals surface area contributed by atoms with Gasteiger partial charge in [-0.1, -0.05) is 11.6 Å². The number of halogens is 3. The number of nitrogens with zero attached hydrogens (tertiary/aromatic N) is 2. The number of ether oxygens (including phenoxy) is 2. The third-order valence-electron chi connectivity index (χ3n) is 2.57. The maximum atomic E-state index is 12.2. The van der Waals surface area contributed by atoms with Crippen LogP contribution in [0.5, 0.6) is 11.5 Å². The number of alkyl halides is 2. The Kier molecular flexibility index (Phi) is 5.16. The highest BCUT2D eigenvalue weighted by atomic mass is 35.5. The molecule has 118 valence electrons. The molecule has 1 N–H and O–H groups in total. The van der Waals surface area contributed by atoms with Crippen molar-refractivity contribution in [1.82, 2.24) is 9.78 Å². The number of nitrogens with one attached hydrogen (secondary N) is 1. The summed E-state index contributed by atoms with van der Waals surface area (Å²) in [7, 11) is 1.31. The zero-order chi connectivity index (χ0) is 16.1. The van der Waals surface area contributed by atoms with E-state index < -0.39 is 6.61 Å². The Labute approximate surface area is 129 Å². The Morgan fingerprint density at radius 2 is 2.23 bits per heavy atom. The molecule has 22 heavy (non-hydrogen) atoms. The summed E-state index contributed by atoms with van der Waals surface area (Å²) in [5.74, 6) is -0.390. The van der Waals surface area contributed by atoms with Gasteiger partial charge in [0.15, 0.2) is 11.5 Å². The summed E-state index contributed by atoms with van der Waals surface area (Å²) in [6, 6.07) is 4.09. The van der Waals surface area contributed by atoms with Crippen LogP contribution >= 0.6 is 11.6 Å². The number of anilines is 1. The predicted molar refractivity (Wildman–Crippen MR) is 75.5 cm³/mol. The number of carbonyl (C=O) groups is 1. The van der Waals surface area contributed by atoms with E-state index in [-0.39, 0.29) is 24.0 Å². The van der Waals surface area contributed by atoms with Crippen LogP contribution in [0.15, 0.2) is 30.6 Å². The van der Waals surface area contributed by atoms with Gasteiger partial charge in [0.2, 0.25) is 5.91 Å². The number of aromatic nitrogens is 2. The van der Waals surface area contributed by atoms with Gasteiger partial charge in [-0.3, -0.25) is 9.48 Å². The van der Waals surface area contributed by atoms with Crippen molar-refractivity contribution in [2.75, 3.05) is 12.4 Å². The van der Waals surface area contributed by atoms with Crippen LogP contribution in [0, 0.1) is 0 Å². The lowest BCUT2D eigenvalue weighted by Crippen LogP contribution is -2.19. The lowest BCUT2D eigenvalue weighted by Gasteiger charge is -2.12. The highest BCUT2D eigenvalue weighted by molar-refractivity contribution is 6.30. The molecule has 2 rings (SSSR count). The number of hydrogen-bond donors (Lipinski definition) is 1. The minimum atomic E-state index is -2.96. The number of hydrogen-bond acceptors (Lipinski definition) is 4. The maximum absolute atomic E-state index is 12.2. The average molecular weight is 332 g/mol. The summed E-state index contributed by atoms with van der Waals surface area (Å²) < 4.78 is 35.1. The molecule has 0 fully saturated rings. The summed E-state index contributed by atoms with van der Waals surface area (Å²) in [4.78, 5) is 11.8. The third-order valence-corrected chi connectivity index (χ3v) is 2.77. The average Bonchev–Trinajstić information content (AvgIpc) is 2.85. The molecule has 0 saturated heterocycles. The second-order valence-corrected chi connectivity index (χ2v) is 4.58. The molecule has 1 aromatic carbocycles. The first-order chi connectivity index (χ1) is 10.5. The van der Waals surface area contributed by atoms with E-state index in [2.05, 4.69) is 15.2 Å². The van der Waals surface area contributed by atoms with Gasteiger partial charge in [-0.25, -0.2) is 0 Å². The fourth-order valence-corrected chi connectivity index (χ4v) is 1.87. The zero-order valence-electron chi connectivity index (χ0n) is 11.4. The molecule has 0 atom stereocenters. The van der Waals surface area contributed by atoms with Crippen LogP contribution in [0.1, 0.15) is 0 Å². The molecular weight excluding hydrogens is 320 g/mol. The van der Waals surface area contributed by atoms with Crippen molar-refractivity contribution in [3.05, 3.63) is 35.6 Å². The van der Waals surface area contributed by atoms with E-state index in [1.165, 1.54) is 42.4 Å². The predicted octanol–water partition coefficient (Wildman–Crippen LogP) is 2.79. The Morgan fingerprint density at radius 3 is 2.82 bits per heavy atom. The van der Waals surface area contributed by atoms with E-state index in [0.29, 0.717) is 10.7 Å². The minimum Gasteiger partial charge on any atom is -0.493 e. The molecule has 1 heterocycles. The molecule has 2 aromatic rings. The second-order valence-electron chi connectivity index (χ2n) is 4.15. The van der Waals surface area contributed by atoms with Crippen LogP contribution in [0.2, 0.25) is 5.02 Å². The third kappa shape index (κ3) is 4.32. The smallest absolute Gasteiger partial charge is 0.387 e. The van der Waals surface area contributed by atoms with Crippen molar-refractivity contribution in [2.45, 2.75) is 13.2 Å². The molecular formula is C13H12ClF2N3O3. The number of benzene rings is 1. The Morgan fingerprint density at radius 1 is 1.45 bits per heavy atom. The monoisotopic (exact) mass is 331 g/mol. The molecule has 1 aromatic heterocycles. The van der Waals surface area contributed by atoms with E-state index in [9.17, 15) is 13.6 Å². The van der Waals surface area contributed by atoms with E-state index in [1.807, 2.05) is 0 Å². The molecule has 0 aliphatic heterocycles. The van der Waals surface area contributed by atoms with E-state index in [1.54, 1.807) is 0 Å². The Bertz CT molecular complexity index is 664. The Balaban J connectivity index is 2.04. The summed E-state index contributed by atoms with van der Waals surface area (Å²) >= 11 is 5.70. The van der Waals surface area contributed by atoms with Crippen LogP contribution in [-0.4, -0.2) is 29.4 Å². The summed E-state index contributed by atoms with van der Waals surface area (Å²) in [6.45, 7) is -3.00. The number of carbonyl (C=O) groups excluding carboxylic acids is 1. The van der Waals surface area contributed by atoms with Crippen LogP contribution in [-0.2, 0) is 11.3 Å². The molecule has 0 aliphatic carbocycles. The van der Waals surface area contributed by atoms with E-state index in [4.69, 9.17) is 16.3 Å². The van der Waals surface area contributed by atoms with E-state index in [0.717, 1.165) is 0 Å². The van der Waals surface area contributed by atoms with Gasteiger partial charge in [-0.05, 0) is 12.1 Å². The molecule has 6 nitrogen and oxygen atoms in total. The van der Waals surface area contributed by atoms with Gasteiger partial charge < -0.3 is 14.8 Å². The van der Waals surface area contributed by atoms with Crippen LogP contribution in [0.25, 0.3) is 0 Å². The summed E-state index contributed by atoms with van der Waals surface area (Å²) in [5.41, 5.74) is 0.377. The number of amides is 1. The van der Waals surface area contributed by atoms with Crippen molar-refractivity contribution in [3.63, 3.8) is 0 Å². The quantitative estimate of drug-likeness (QED) is 0.884. The topological polar surface area (TPSA) is 65.4 Å². The first kappa shape index (κ1) is 16.0. The maximum Gasteiger partial charge on any atom is 0.387 e. The zero-order valence-corrected chi connectivity index (χ0v) is 12.2. The Hall–Kier alpha value is -2.35. The van der Waals surface area contributed by atoms with Crippen molar-refractivity contribution in [3.8, 4) is 11.5 Å². The normalized spacial score (nSPS) is 10.6. The SMILES string of the molecule is COc1cc(NC(=O)Cn2cc(Cl)cn2)ccc1OC(F)F. The van der Waals surface area contributed by atoms with Crippen LogP contribution < -0.4 is 14.8 Å². The second kappa shape index (κ2) is 7.08. The van der Waals surface area contributed by atoms with Crippen molar-refractivity contribution < 1.29 is 23.0 Å². The summed E-state index contributed by atoms with van der Waals surface area (Å²) in [6.07, 6.45) is 2.91. The number of rotatable bonds is 6. The van der Waals surface area contributed by atoms with Gasteiger partial charge in [0.25, 0.3) is 0 Å². The van der Waals surface area contributed by atoms with Gasteiger partial charge in [-0.15, -0.1) is 0 Å². The van der Waals surface area contributed by atoms with Gasteiger partial charge in [0, 0.05) is 18.0 Å². The molecule has 0 unspecified atom stereocenters. The minimum absolute atomic E-state index is 0.0374. The lowest BCUT2D eigenvalue weighted by atomic mass is 10.2. The van der Waals surface area contributed by atoms with Gasteiger partial charge in [-0.2, -0.15) is 13.9 Å². The van der Waals surface area contributed by atoms with Crippen molar-refractivity contribution in [1.29, 1.82) is 0 Å². The lowest BCUT2D eigenvalue weighted by molar-refractivity contribution is -0.116. The first-order valence-electron chi connectivity index (χ1n) is 6.08. The molecule has 1 amide bonds.